The summed E-state index contributed by atoms with van der Waals surface area (Å²) in [5, 5.41) is 12.1. The van der Waals surface area contributed by atoms with Crippen molar-refractivity contribution in [3.05, 3.63) is 46.2 Å². The van der Waals surface area contributed by atoms with Crippen LogP contribution in [0.4, 0.5) is 5.69 Å². The molecule has 1 saturated carbocycles. The Morgan fingerprint density at radius 1 is 1.43 bits per heavy atom. The minimum absolute atomic E-state index is 0.101. The molecule has 0 saturated heterocycles. The van der Waals surface area contributed by atoms with E-state index in [0.717, 1.165) is 23.5 Å². The normalized spacial score (nSPS) is 14.0. The first kappa shape index (κ1) is 13.9. The number of nitrogens with two attached hydrogens (primary N) is 1. The van der Waals surface area contributed by atoms with E-state index in [1.165, 1.54) is 18.4 Å². The van der Waals surface area contributed by atoms with Crippen LogP contribution in [0.1, 0.15) is 24.0 Å². The number of nitrogens with zero attached hydrogens (tertiary/aromatic N) is 1. The van der Waals surface area contributed by atoms with Crippen LogP contribution in [0.2, 0.25) is 0 Å². The molecule has 1 aliphatic carbocycles. The van der Waals surface area contributed by atoms with Gasteiger partial charge in [0.2, 0.25) is 0 Å². The molecular formula is C16H19N3OS. The van der Waals surface area contributed by atoms with E-state index >= 15 is 0 Å². The van der Waals surface area contributed by atoms with Crippen molar-refractivity contribution in [3.8, 4) is 5.75 Å². The molecule has 5 heteroatoms. The van der Waals surface area contributed by atoms with E-state index in [9.17, 15) is 0 Å². The predicted octanol–water partition coefficient (Wildman–Crippen LogP) is 3.21. The molecule has 0 unspecified atom stereocenters. The zero-order chi connectivity index (χ0) is 14.8. The topological polar surface area (TPSA) is 62.3 Å². The van der Waals surface area contributed by atoms with Gasteiger partial charge in [-0.2, -0.15) is 11.3 Å². The maximum Gasteiger partial charge on any atom is 0.124 e. The highest BCUT2D eigenvalue weighted by atomic mass is 32.1. The van der Waals surface area contributed by atoms with Gasteiger partial charge in [0.15, 0.2) is 0 Å². The summed E-state index contributed by atoms with van der Waals surface area (Å²) in [5.74, 6) is 0.898. The number of nitrogens with one attached hydrogen (secondary N) is 1. The third-order valence-corrected chi connectivity index (χ3v) is 4.46. The first-order valence-electron chi connectivity index (χ1n) is 6.99. The number of nitrogen functional groups attached to an aromatic ring is 1. The van der Waals surface area contributed by atoms with Crippen molar-refractivity contribution in [2.24, 2.45) is 5.73 Å². The maximum atomic E-state index is 7.82. The summed E-state index contributed by atoms with van der Waals surface area (Å²) in [4.78, 5) is 2.35. The van der Waals surface area contributed by atoms with Crippen LogP contribution in [-0.4, -0.2) is 19.0 Å². The Kier molecular flexibility index (Phi) is 3.84. The average molecular weight is 301 g/mol. The van der Waals surface area contributed by atoms with Crippen molar-refractivity contribution in [2.75, 3.05) is 12.0 Å². The lowest BCUT2D eigenvalue weighted by Crippen LogP contribution is -2.28. The minimum Gasteiger partial charge on any atom is -0.497 e. The van der Waals surface area contributed by atoms with Crippen LogP contribution in [0.25, 0.3) is 0 Å². The van der Waals surface area contributed by atoms with Gasteiger partial charge >= 0.3 is 0 Å². The van der Waals surface area contributed by atoms with Gasteiger partial charge in [-0.1, -0.05) is 0 Å². The molecule has 1 aliphatic rings. The number of ether oxygens (including phenoxy) is 1. The van der Waals surface area contributed by atoms with Gasteiger partial charge in [0.05, 0.1) is 12.8 Å². The van der Waals surface area contributed by atoms with Gasteiger partial charge < -0.3 is 15.4 Å². The number of hydrogen-bond donors (Lipinski definition) is 2. The number of rotatable bonds is 6. The van der Waals surface area contributed by atoms with Crippen molar-refractivity contribution in [1.29, 1.82) is 5.41 Å². The Morgan fingerprint density at radius 2 is 2.24 bits per heavy atom. The average Bonchev–Trinajstić information content (AvgIpc) is 3.20. The third-order valence-electron chi connectivity index (χ3n) is 3.73. The monoisotopic (exact) mass is 301 g/mol. The Hall–Kier alpha value is -2.01. The molecule has 3 N–H and O–H groups in total. The molecule has 2 aromatic rings. The van der Waals surface area contributed by atoms with Gasteiger partial charge in [-0.05, 0) is 47.4 Å². The molecule has 0 atom stereocenters. The summed E-state index contributed by atoms with van der Waals surface area (Å²) in [6.07, 6.45) is 2.39. The van der Waals surface area contributed by atoms with Gasteiger partial charge in [-0.15, -0.1) is 0 Å². The van der Waals surface area contributed by atoms with Crippen LogP contribution in [0.15, 0.2) is 35.0 Å². The Balaban J connectivity index is 1.99. The quantitative estimate of drug-likeness (QED) is 0.636. The van der Waals surface area contributed by atoms with Crippen molar-refractivity contribution < 1.29 is 4.74 Å². The van der Waals surface area contributed by atoms with Gasteiger partial charge in [0.1, 0.15) is 11.6 Å². The molecule has 0 bridgehead atoms. The molecule has 0 amide bonds. The molecule has 4 nitrogen and oxygen atoms in total. The SMILES string of the molecule is COc1ccc(C(=N)N)c(N(Cc2ccsc2)C2CC2)c1. The molecule has 1 aromatic carbocycles. The van der Waals surface area contributed by atoms with Crippen LogP contribution in [0.5, 0.6) is 5.75 Å². The maximum absolute atomic E-state index is 7.82. The number of methoxy groups -OCH3 is 1. The summed E-state index contributed by atoms with van der Waals surface area (Å²) in [7, 11) is 1.66. The van der Waals surface area contributed by atoms with Crippen LogP contribution < -0.4 is 15.4 Å². The molecule has 0 spiro atoms. The number of anilines is 1. The van der Waals surface area contributed by atoms with Gasteiger partial charge in [0, 0.05) is 24.2 Å². The number of amidine groups is 1. The first-order chi connectivity index (χ1) is 10.2. The van der Waals surface area contributed by atoms with E-state index in [2.05, 4.69) is 21.7 Å². The zero-order valence-corrected chi connectivity index (χ0v) is 12.8. The summed E-state index contributed by atoms with van der Waals surface area (Å²) in [5.41, 5.74) is 8.82. The highest BCUT2D eigenvalue weighted by Gasteiger charge is 2.31. The lowest BCUT2D eigenvalue weighted by atomic mass is 10.1. The molecular weight excluding hydrogens is 282 g/mol. The van der Waals surface area contributed by atoms with E-state index in [4.69, 9.17) is 15.9 Å². The van der Waals surface area contributed by atoms with Crippen molar-refractivity contribution in [3.63, 3.8) is 0 Å². The number of hydrogen-bond acceptors (Lipinski definition) is 4. The van der Waals surface area contributed by atoms with Crippen molar-refractivity contribution >= 4 is 22.9 Å². The second-order valence-corrected chi connectivity index (χ2v) is 6.07. The minimum atomic E-state index is 0.101. The fourth-order valence-electron chi connectivity index (χ4n) is 2.48. The molecule has 1 aromatic heterocycles. The molecule has 3 rings (SSSR count). The van der Waals surface area contributed by atoms with Crippen molar-refractivity contribution in [1.82, 2.24) is 0 Å². The Bertz CT molecular complexity index is 635. The molecule has 0 aliphatic heterocycles. The molecule has 110 valence electrons. The Labute approximate surface area is 128 Å². The standard InChI is InChI=1S/C16H19N3OS/c1-20-13-4-5-14(16(17)18)15(8-13)19(12-2-3-12)9-11-6-7-21-10-11/h4-8,10,12H,2-3,9H2,1H3,(H3,17,18). The smallest absolute Gasteiger partial charge is 0.124 e. The van der Waals surface area contributed by atoms with E-state index in [1.807, 2.05) is 18.2 Å². The fourth-order valence-corrected chi connectivity index (χ4v) is 3.14. The highest BCUT2D eigenvalue weighted by Crippen LogP contribution is 2.36. The van der Waals surface area contributed by atoms with E-state index in [-0.39, 0.29) is 5.84 Å². The summed E-state index contributed by atoms with van der Waals surface area (Å²) in [6.45, 7) is 0.849. The predicted molar refractivity (Wildman–Crippen MR) is 87.5 cm³/mol. The summed E-state index contributed by atoms with van der Waals surface area (Å²) in [6, 6.07) is 8.40. The van der Waals surface area contributed by atoms with Crippen LogP contribution in [-0.2, 0) is 6.54 Å². The second kappa shape index (κ2) is 5.77. The largest absolute Gasteiger partial charge is 0.497 e. The number of thiophene rings is 1. The van der Waals surface area contributed by atoms with E-state index < -0.39 is 0 Å². The Morgan fingerprint density at radius 3 is 2.81 bits per heavy atom. The second-order valence-electron chi connectivity index (χ2n) is 5.29. The summed E-state index contributed by atoms with van der Waals surface area (Å²) >= 11 is 1.71. The third kappa shape index (κ3) is 3.03. The van der Waals surface area contributed by atoms with E-state index in [1.54, 1.807) is 18.4 Å². The summed E-state index contributed by atoms with van der Waals surface area (Å²) < 4.78 is 5.34. The highest BCUT2D eigenvalue weighted by molar-refractivity contribution is 7.07. The molecule has 21 heavy (non-hydrogen) atoms. The molecule has 1 fully saturated rings. The van der Waals surface area contributed by atoms with Gasteiger partial charge in [0.25, 0.3) is 0 Å². The van der Waals surface area contributed by atoms with Crippen LogP contribution in [0.3, 0.4) is 0 Å². The first-order valence-corrected chi connectivity index (χ1v) is 7.93. The van der Waals surface area contributed by atoms with E-state index in [0.29, 0.717) is 6.04 Å². The van der Waals surface area contributed by atoms with Crippen LogP contribution in [0, 0.1) is 5.41 Å². The fraction of sp³-hybridized carbons (Fsp3) is 0.312. The zero-order valence-electron chi connectivity index (χ0n) is 12.0. The number of benzene rings is 1. The van der Waals surface area contributed by atoms with Crippen molar-refractivity contribution in [2.45, 2.75) is 25.4 Å². The molecule has 0 radical (unpaired) electrons. The van der Waals surface area contributed by atoms with Crippen LogP contribution >= 0.6 is 11.3 Å². The van der Waals surface area contributed by atoms with Gasteiger partial charge in [-0.25, -0.2) is 0 Å². The molecule has 1 heterocycles. The lowest BCUT2D eigenvalue weighted by Gasteiger charge is -2.27. The lowest BCUT2D eigenvalue weighted by molar-refractivity contribution is 0.414. The van der Waals surface area contributed by atoms with Gasteiger partial charge in [-0.3, -0.25) is 5.41 Å².